The van der Waals surface area contributed by atoms with Gasteiger partial charge in [-0.3, -0.25) is 10.2 Å². The van der Waals surface area contributed by atoms with Crippen molar-refractivity contribution in [3.05, 3.63) is 30.0 Å². The first-order valence-electron chi connectivity index (χ1n) is 3.95. The zero-order valence-corrected chi connectivity index (χ0v) is 7.73. The Hall–Kier alpha value is -1.88. The van der Waals surface area contributed by atoms with Gasteiger partial charge in [-0.15, -0.1) is 0 Å². The lowest BCUT2D eigenvalue weighted by Crippen LogP contribution is -2.27. The average Bonchev–Trinajstić information content (AvgIpc) is 2.26. The van der Waals surface area contributed by atoms with Crippen molar-refractivity contribution in [2.24, 2.45) is 5.84 Å². The van der Waals surface area contributed by atoms with E-state index in [1.807, 2.05) is 5.43 Å². The molecule has 0 radical (unpaired) electrons. The molecule has 0 spiro atoms. The number of nitrogens with zero attached hydrogens (tertiary/aromatic N) is 1. The van der Waals surface area contributed by atoms with Crippen molar-refractivity contribution < 1.29 is 9.53 Å². The summed E-state index contributed by atoms with van der Waals surface area (Å²) in [5.74, 6) is 5.07. The third kappa shape index (κ3) is 2.87. The zero-order valence-electron chi connectivity index (χ0n) is 7.73. The van der Waals surface area contributed by atoms with E-state index in [1.54, 1.807) is 31.5 Å². The van der Waals surface area contributed by atoms with Gasteiger partial charge in [0.15, 0.2) is 0 Å². The van der Waals surface area contributed by atoms with Crippen LogP contribution in [0.15, 0.2) is 24.4 Å². The van der Waals surface area contributed by atoms with Gasteiger partial charge in [-0.2, -0.15) is 0 Å². The Morgan fingerprint density at radius 2 is 2.43 bits per heavy atom. The van der Waals surface area contributed by atoms with Crippen molar-refractivity contribution in [2.75, 3.05) is 7.11 Å². The number of pyridine rings is 1. The van der Waals surface area contributed by atoms with Gasteiger partial charge in [0.25, 0.3) is 5.91 Å². The molecule has 3 N–H and O–H groups in total. The molecule has 0 saturated heterocycles. The molecule has 0 aliphatic rings. The Bertz CT molecular complexity index is 332. The fourth-order valence-corrected chi connectivity index (χ4v) is 0.831. The number of amides is 1. The number of carbonyl (C=O) groups excluding carboxylic acids is 1. The SMILES string of the molecule is COc1ccc(C=CC(=O)NN)cn1. The Morgan fingerprint density at radius 1 is 1.64 bits per heavy atom. The third-order valence-corrected chi connectivity index (χ3v) is 1.54. The van der Waals surface area contributed by atoms with Crippen molar-refractivity contribution >= 4 is 12.0 Å². The van der Waals surface area contributed by atoms with E-state index in [0.29, 0.717) is 5.88 Å². The maximum atomic E-state index is 10.7. The van der Waals surface area contributed by atoms with Gasteiger partial charge in [-0.1, -0.05) is 0 Å². The molecule has 0 fully saturated rings. The zero-order chi connectivity index (χ0) is 10.4. The number of methoxy groups -OCH3 is 1. The van der Waals surface area contributed by atoms with Crippen molar-refractivity contribution in [1.82, 2.24) is 10.4 Å². The van der Waals surface area contributed by atoms with Crippen LogP contribution in [-0.2, 0) is 4.79 Å². The van der Waals surface area contributed by atoms with Crippen LogP contribution in [-0.4, -0.2) is 18.0 Å². The second-order valence-electron chi connectivity index (χ2n) is 2.48. The van der Waals surface area contributed by atoms with Crippen LogP contribution < -0.4 is 16.0 Å². The smallest absolute Gasteiger partial charge is 0.257 e. The summed E-state index contributed by atoms with van der Waals surface area (Å²) in [6.07, 6.45) is 4.53. The minimum absolute atomic E-state index is 0.360. The number of aromatic nitrogens is 1. The van der Waals surface area contributed by atoms with Crippen molar-refractivity contribution in [3.63, 3.8) is 0 Å². The molecule has 0 aliphatic carbocycles. The van der Waals surface area contributed by atoms with Crippen LogP contribution in [0.1, 0.15) is 5.56 Å². The molecule has 0 aromatic carbocycles. The number of rotatable bonds is 3. The molecule has 0 aliphatic heterocycles. The quantitative estimate of drug-likeness (QED) is 0.309. The molecule has 0 saturated carbocycles. The van der Waals surface area contributed by atoms with E-state index < -0.39 is 0 Å². The fourth-order valence-electron chi connectivity index (χ4n) is 0.831. The van der Waals surface area contributed by atoms with Gasteiger partial charge >= 0.3 is 0 Å². The van der Waals surface area contributed by atoms with Gasteiger partial charge in [0.2, 0.25) is 5.88 Å². The van der Waals surface area contributed by atoms with Gasteiger partial charge in [0.1, 0.15) is 0 Å². The topological polar surface area (TPSA) is 77.2 Å². The van der Waals surface area contributed by atoms with Crippen LogP contribution in [0.5, 0.6) is 5.88 Å². The standard InChI is InChI=1S/C9H11N3O2/c1-14-9-5-3-7(6-11-9)2-4-8(13)12-10/h2-6H,10H2,1H3,(H,12,13). The van der Waals surface area contributed by atoms with E-state index in [-0.39, 0.29) is 5.91 Å². The summed E-state index contributed by atoms with van der Waals surface area (Å²) < 4.78 is 4.88. The second kappa shape index (κ2) is 4.98. The predicted octanol–water partition coefficient (Wildman–Crippen LogP) is 0.0933. The van der Waals surface area contributed by atoms with E-state index in [0.717, 1.165) is 5.56 Å². The molecule has 74 valence electrons. The monoisotopic (exact) mass is 193 g/mol. The Balaban J connectivity index is 2.68. The summed E-state index contributed by atoms with van der Waals surface area (Å²) in [6, 6.07) is 3.49. The molecule has 5 nitrogen and oxygen atoms in total. The van der Waals surface area contributed by atoms with Crippen LogP contribution >= 0.6 is 0 Å². The fraction of sp³-hybridized carbons (Fsp3) is 0.111. The van der Waals surface area contributed by atoms with Crippen LogP contribution in [0.2, 0.25) is 0 Å². The van der Waals surface area contributed by atoms with Crippen LogP contribution in [0.25, 0.3) is 6.08 Å². The number of hydrazine groups is 1. The summed E-state index contributed by atoms with van der Waals surface area (Å²) >= 11 is 0. The highest BCUT2D eigenvalue weighted by molar-refractivity contribution is 5.91. The van der Waals surface area contributed by atoms with Gasteiger partial charge in [-0.05, 0) is 17.7 Å². The highest BCUT2D eigenvalue weighted by Gasteiger charge is 1.93. The maximum absolute atomic E-state index is 10.7. The molecular weight excluding hydrogens is 182 g/mol. The lowest BCUT2D eigenvalue weighted by molar-refractivity contribution is -0.116. The van der Waals surface area contributed by atoms with E-state index in [4.69, 9.17) is 10.6 Å². The van der Waals surface area contributed by atoms with Crippen LogP contribution in [0.4, 0.5) is 0 Å². The van der Waals surface area contributed by atoms with E-state index in [2.05, 4.69) is 4.98 Å². The van der Waals surface area contributed by atoms with Gasteiger partial charge in [0.05, 0.1) is 7.11 Å². The minimum atomic E-state index is -0.360. The van der Waals surface area contributed by atoms with Crippen molar-refractivity contribution in [3.8, 4) is 5.88 Å². The second-order valence-corrected chi connectivity index (χ2v) is 2.48. The summed E-state index contributed by atoms with van der Waals surface area (Å²) in [6.45, 7) is 0. The summed E-state index contributed by atoms with van der Waals surface area (Å²) in [5.41, 5.74) is 2.79. The Kier molecular flexibility index (Phi) is 3.63. The lowest BCUT2D eigenvalue weighted by atomic mass is 10.2. The third-order valence-electron chi connectivity index (χ3n) is 1.54. The number of hydrogen-bond donors (Lipinski definition) is 2. The highest BCUT2D eigenvalue weighted by atomic mass is 16.5. The molecule has 0 bridgehead atoms. The van der Waals surface area contributed by atoms with E-state index >= 15 is 0 Å². The first kappa shape index (κ1) is 10.2. The van der Waals surface area contributed by atoms with Gasteiger partial charge in [0, 0.05) is 18.3 Å². The van der Waals surface area contributed by atoms with Gasteiger partial charge in [-0.25, -0.2) is 10.8 Å². The number of ether oxygens (including phenoxy) is 1. The molecule has 5 heteroatoms. The summed E-state index contributed by atoms with van der Waals surface area (Å²) in [7, 11) is 1.54. The Morgan fingerprint density at radius 3 is 2.93 bits per heavy atom. The number of carbonyl (C=O) groups is 1. The predicted molar refractivity (Wildman–Crippen MR) is 52.2 cm³/mol. The number of nitrogens with one attached hydrogen (secondary N) is 1. The molecule has 0 atom stereocenters. The maximum Gasteiger partial charge on any atom is 0.257 e. The first-order valence-corrected chi connectivity index (χ1v) is 3.95. The molecule has 1 aromatic heterocycles. The van der Waals surface area contributed by atoms with Crippen LogP contribution in [0.3, 0.4) is 0 Å². The number of nitrogens with two attached hydrogens (primary N) is 1. The van der Waals surface area contributed by atoms with Crippen LogP contribution in [0, 0.1) is 0 Å². The number of hydrogen-bond acceptors (Lipinski definition) is 4. The highest BCUT2D eigenvalue weighted by Crippen LogP contribution is 2.07. The van der Waals surface area contributed by atoms with E-state index in [1.165, 1.54) is 6.08 Å². The molecule has 1 rings (SSSR count). The summed E-state index contributed by atoms with van der Waals surface area (Å²) in [5, 5.41) is 0. The summed E-state index contributed by atoms with van der Waals surface area (Å²) in [4.78, 5) is 14.7. The molecule has 1 amide bonds. The molecule has 1 heterocycles. The first-order chi connectivity index (χ1) is 6.76. The van der Waals surface area contributed by atoms with Crippen molar-refractivity contribution in [1.29, 1.82) is 0 Å². The normalized spacial score (nSPS) is 10.1. The molecule has 14 heavy (non-hydrogen) atoms. The van der Waals surface area contributed by atoms with Crippen molar-refractivity contribution in [2.45, 2.75) is 0 Å². The Labute approximate surface area is 81.6 Å². The molecular formula is C9H11N3O2. The molecule has 0 unspecified atom stereocenters. The molecule has 1 aromatic rings. The lowest BCUT2D eigenvalue weighted by Gasteiger charge is -1.97. The van der Waals surface area contributed by atoms with E-state index in [9.17, 15) is 4.79 Å². The average molecular weight is 193 g/mol. The largest absolute Gasteiger partial charge is 0.481 e. The minimum Gasteiger partial charge on any atom is -0.481 e. The van der Waals surface area contributed by atoms with Gasteiger partial charge < -0.3 is 4.74 Å².